The van der Waals surface area contributed by atoms with Crippen LogP contribution in [0.25, 0.3) is 0 Å². The van der Waals surface area contributed by atoms with E-state index in [-0.39, 0.29) is 13.0 Å². The van der Waals surface area contributed by atoms with E-state index in [1.807, 2.05) is 0 Å². The first-order chi connectivity index (χ1) is 8.56. The topological polar surface area (TPSA) is 89.8 Å². The van der Waals surface area contributed by atoms with Crippen LogP contribution in [0.4, 0.5) is 0 Å². The molecule has 0 spiro atoms. The van der Waals surface area contributed by atoms with E-state index < -0.39 is 18.2 Å². The van der Waals surface area contributed by atoms with E-state index in [9.17, 15) is 15.0 Å². The maximum Gasteiger partial charge on any atom is 0.303 e. The number of rotatable bonds is 7. The molecule has 1 aromatic rings. The molecule has 5 heteroatoms. The normalized spacial score (nSPS) is 14.2. The Kier molecular flexibility index (Phi) is 5.77. The quantitative estimate of drug-likeness (QED) is 0.562. The largest absolute Gasteiger partial charge is 0.481 e. The first kappa shape index (κ1) is 14.6. The molecule has 0 saturated heterocycles. The molecule has 0 aliphatic rings. The van der Waals surface area contributed by atoms with Crippen molar-refractivity contribution in [2.24, 2.45) is 0 Å². The molecule has 0 fully saturated rings. The van der Waals surface area contributed by atoms with E-state index >= 15 is 0 Å². The smallest absolute Gasteiger partial charge is 0.303 e. The Morgan fingerprint density at radius 1 is 1.33 bits per heavy atom. The molecule has 4 N–H and O–H groups in total. The Hall–Kier alpha value is -1.43. The monoisotopic (exact) mass is 253 g/mol. The second-order valence-electron chi connectivity index (χ2n) is 4.16. The molecule has 0 heterocycles. The summed E-state index contributed by atoms with van der Waals surface area (Å²) in [6, 6.07) is 7.03. The molecule has 0 amide bonds. The van der Waals surface area contributed by atoms with Gasteiger partial charge in [-0.25, -0.2) is 0 Å². The molecule has 0 radical (unpaired) electrons. The van der Waals surface area contributed by atoms with E-state index in [4.69, 9.17) is 5.11 Å². The Morgan fingerprint density at radius 3 is 2.61 bits per heavy atom. The van der Waals surface area contributed by atoms with Gasteiger partial charge in [0.05, 0.1) is 6.10 Å². The Bertz CT molecular complexity index is 394. The van der Waals surface area contributed by atoms with E-state index in [0.29, 0.717) is 12.0 Å². The molecule has 1 rings (SSSR count). The van der Waals surface area contributed by atoms with Crippen LogP contribution in [-0.4, -0.2) is 41.0 Å². The summed E-state index contributed by atoms with van der Waals surface area (Å²) >= 11 is 0. The molecule has 0 aliphatic carbocycles. The van der Waals surface area contributed by atoms with Crippen molar-refractivity contribution >= 4 is 5.97 Å². The van der Waals surface area contributed by atoms with Crippen LogP contribution in [0.15, 0.2) is 24.3 Å². The summed E-state index contributed by atoms with van der Waals surface area (Å²) in [6.45, 7) is 0.272. The summed E-state index contributed by atoms with van der Waals surface area (Å²) in [4.78, 5) is 10.6. The maximum absolute atomic E-state index is 10.6. The number of hydrogen-bond donors (Lipinski definition) is 4. The first-order valence-electron chi connectivity index (χ1n) is 5.86. The van der Waals surface area contributed by atoms with Gasteiger partial charge in [0.2, 0.25) is 0 Å². The van der Waals surface area contributed by atoms with Gasteiger partial charge in [-0.3, -0.25) is 4.79 Å². The van der Waals surface area contributed by atoms with Crippen LogP contribution >= 0.6 is 0 Å². The number of aryl methyl sites for hydroxylation is 1. The second kappa shape index (κ2) is 7.10. The number of aliphatic hydroxyl groups excluding tert-OH is 2. The summed E-state index contributed by atoms with van der Waals surface area (Å²) in [5.41, 5.74) is 1.34. The molecule has 5 nitrogen and oxygen atoms in total. The molecule has 100 valence electrons. The highest BCUT2D eigenvalue weighted by Crippen LogP contribution is 2.22. The summed E-state index contributed by atoms with van der Waals surface area (Å²) in [5.74, 6) is -0.880. The predicted molar refractivity (Wildman–Crippen MR) is 67.3 cm³/mol. The third-order valence-electron chi connectivity index (χ3n) is 2.76. The summed E-state index contributed by atoms with van der Waals surface area (Å²) in [7, 11) is 1.69. The number of aliphatic hydroxyl groups is 2. The fraction of sp³-hybridized carbons (Fsp3) is 0.462. The van der Waals surface area contributed by atoms with Gasteiger partial charge in [-0.2, -0.15) is 0 Å². The maximum atomic E-state index is 10.6. The van der Waals surface area contributed by atoms with Crippen LogP contribution in [0, 0.1) is 0 Å². The fourth-order valence-corrected chi connectivity index (χ4v) is 1.82. The minimum Gasteiger partial charge on any atom is -0.481 e. The highest BCUT2D eigenvalue weighted by Gasteiger charge is 2.20. The number of carbonyl (C=O) groups is 1. The van der Waals surface area contributed by atoms with Crippen LogP contribution in [0.3, 0.4) is 0 Å². The number of nitrogens with one attached hydrogen (secondary N) is 1. The summed E-state index contributed by atoms with van der Waals surface area (Å²) in [5, 5.41) is 31.2. The van der Waals surface area contributed by atoms with Crippen molar-refractivity contribution in [3.63, 3.8) is 0 Å². The molecule has 0 aliphatic heterocycles. The molecule has 0 aromatic heterocycles. The van der Waals surface area contributed by atoms with Gasteiger partial charge in [-0.1, -0.05) is 24.3 Å². The third kappa shape index (κ3) is 4.10. The number of hydrogen-bond acceptors (Lipinski definition) is 4. The molecule has 0 saturated carbocycles. The lowest BCUT2D eigenvalue weighted by Gasteiger charge is -2.20. The average Bonchev–Trinajstić information content (AvgIpc) is 2.36. The summed E-state index contributed by atoms with van der Waals surface area (Å²) in [6.07, 6.45) is -1.58. The van der Waals surface area contributed by atoms with Crippen LogP contribution in [0.2, 0.25) is 0 Å². The zero-order chi connectivity index (χ0) is 13.5. The van der Waals surface area contributed by atoms with E-state index in [0.717, 1.165) is 5.56 Å². The third-order valence-corrected chi connectivity index (χ3v) is 2.76. The second-order valence-corrected chi connectivity index (χ2v) is 4.16. The minimum absolute atomic E-state index is 0.00581. The Morgan fingerprint density at radius 2 is 2.00 bits per heavy atom. The van der Waals surface area contributed by atoms with Gasteiger partial charge in [0, 0.05) is 13.0 Å². The van der Waals surface area contributed by atoms with Gasteiger partial charge >= 0.3 is 5.97 Å². The van der Waals surface area contributed by atoms with E-state index in [1.54, 1.807) is 31.3 Å². The number of likely N-dealkylation sites (N-methyl/N-ethyl adjacent to an activating group) is 1. The zero-order valence-electron chi connectivity index (χ0n) is 10.3. The van der Waals surface area contributed by atoms with Gasteiger partial charge in [-0.15, -0.1) is 0 Å². The first-order valence-corrected chi connectivity index (χ1v) is 5.86. The predicted octanol–water partition coefficient (Wildman–Crippen LogP) is 0.317. The van der Waals surface area contributed by atoms with Gasteiger partial charge in [0.15, 0.2) is 0 Å². The van der Waals surface area contributed by atoms with Gasteiger partial charge in [0.1, 0.15) is 6.10 Å². The van der Waals surface area contributed by atoms with Gasteiger partial charge in [0.25, 0.3) is 0 Å². The van der Waals surface area contributed by atoms with E-state index in [1.165, 1.54) is 0 Å². The molecule has 2 unspecified atom stereocenters. The van der Waals surface area contributed by atoms with E-state index in [2.05, 4.69) is 5.32 Å². The molecule has 2 atom stereocenters. The number of benzene rings is 1. The van der Waals surface area contributed by atoms with Crippen molar-refractivity contribution in [1.29, 1.82) is 0 Å². The lowest BCUT2D eigenvalue weighted by atomic mass is 9.96. The summed E-state index contributed by atoms with van der Waals surface area (Å²) < 4.78 is 0. The van der Waals surface area contributed by atoms with Crippen molar-refractivity contribution < 1.29 is 20.1 Å². The average molecular weight is 253 g/mol. The molecular formula is C13H19NO4. The number of carboxylic acids is 1. The number of carboxylic acid groups (broad SMARTS) is 1. The lowest BCUT2D eigenvalue weighted by molar-refractivity contribution is -0.136. The highest BCUT2D eigenvalue weighted by atomic mass is 16.4. The highest BCUT2D eigenvalue weighted by molar-refractivity contribution is 5.67. The van der Waals surface area contributed by atoms with Crippen molar-refractivity contribution in [2.75, 3.05) is 13.6 Å². The molecule has 0 bridgehead atoms. The lowest BCUT2D eigenvalue weighted by Crippen LogP contribution is -2.30. The van der Waals surface area contributed by atoms with Crippen molar-refractivity contribution in [1.82, 2.24) is 5.32 Å². The van der Waals surface area contributed by atoms with Gasteiger partial charge < -0.3 is 20.6 Å². The zero-order valence-corrected chi connectivity index (χ0v) is 10.3. The van der Waals surface area contributed by atoms with Crippen LogP contribution < -0.4 is 5.32 Å². The van der Waals surface area contributed by atoms with Crippen molar-refractivity contribution in [3.8, 4) is 0 Å². The number of aliphatic carboxylic acids is 1. The van der Waals surface area contributed by atoms with Crippen molar-refractivity contribution in [2.45, 2.75) is 25.0 Å². The fourth-order valence-electron chi connectivity index (χ4n) is 1.82. The Balaban J connectivity index is 2.83. The standard InChI is InChI=1S/C13H19NO4/c1-14-8-11(15)13(18)10-5-3-2-4-9(10)6-7-12(16)17/h2-5,11,13-15,18H,6-8H2,1H3,(H,16,17). The van der Waals surface area contributed by atoms with Crippen LogP contribution in [-0.2, 0) is 11.2 Å². The molecule has 1 aromatic carbocycles. The SMILES string of the molecule is CNCC(O)C(O)c1ccccc1CCC(=O)O. The molecular weight excluding hydrogens is 234 g/mol. The van der Waals surface area contributed by atoms with Crippen LogP contribution in [0.1, 0.15) is 23.7 Å². The minimum atomic E-state index is -1.01. The Labute approximate surface area is 106 Å². The van der Waals surface area contributed by atoms with Crippen LogP contribution in [0.5, 0.6) is 0 Å². The molecule has 18 heavy (non-hydrogen) atoms. The van der Waals surface area contributed by atoms with Gasteiger partial charge in [-0.05, 0) is 24.6 Å². The van der Waals surface area contributed by atoms with Crippen molar-refractivity contribution in [3.05, 3.63) is 35.4 Å².